The highest BCUT2D eigenvalue weighted by Crippen LogP contribution is 2.42. The molecule has 3 aliphatic heterocycles. The number of aromatic nitrogens is 1. The van der Waals surface area contributed by atoms with Crippen molar-refractivity contribution in [3.63, 3.8) is 0 Å². The molecule has 4 heterocycles. The molecule has 200 valence electrons. The lowest BCUT2D eigenvalue weighted by Gasteiger charge is -2.37. The fourth-order valence-corrected chi connectivity index (χ4v) is 6.57. The van der Waals surface area contributed by atoms with Crippen LogP contribution in [0.2, 0.25) is 0 Å². The van der Waals surface area contributed by atoms with Gasteiger partial charge in [0.25, 0.3) is 0 Å². The summed E-state index contributed by atoms with van der Waals surface area (Å²) in [6.45, 7) is 3.45. The predicted molar refractivity (Wildman–Crippen MR) is 149 cm³/mol. The van der Waals surface area contributed by atoms with Gasteiger partial charge in [0.2, 0.25) is 0 Å². The minimum atomic E-state index is -1.02. The molecule has 0 radical (unpaired) electrons. The van der Waals surface area contributed by atoms with E-state index in [0.29, 0.717) is 11.3 Å². The average molecular weight is 534 g/mol. The highest BCUT2D eigenvalue weighted by molar-refractivity contribution is 7.81. The van der Waals surface area contributed by atoms with Crippen molar-refractivity contribution in [2.75, 3.05) is 33.2 Å². The number of carbonyl (C=O) groups excluding carboxylic acids is 1. The molecule has 0 amide bonds. The third-order valence-electron chi connectivity index (χ3n) is 7.55. The molecule has 0 aliphatic carbocycles. The minimum Gasteiger partial charge on any atom is -0.485 e. The summed E-state index contributed by atoms with van der Waals surface area (Å²) in [6, 6.07) is 19.6. The normalized spacial score (nSPS) is 21.3. The summed E-state index contributed by atoms with van der Waals surface area (Å²) >= 11 is 0. The number of aliphatic hydroxyl groups excluding tert-OH is 1. The maximum absolute atomic E-state index is 12.8. The Bertz CT molecular complexity index is 1250. The number of rotatable bonds is 5. The lowest BCUT2D eigenvalue weighted by atomic mass is 9.88. The van der Waals surface area contributed by atoms with Gasteiger partial charge in [-0.3, -0.25) is 9.78 Å². The predicted octanol–water partition coefficient (Wildman–Crippen LogP) is 3.88. The Balaban J connectivity index is 0.000000366. The van der Waals surface area contributed by atoms with Gasteiger partial charge in [0.15, 0.2) is 0 Å². The molecule has 2 fully saturated rings. The van der Waals surface area contributed by atoms with Gasteiger partial charge in [0.1, 0.15) is 17.6 Å². The Hall–Kier alpha value is -2.91. The number of fused-ring (bicyclic) bond motifs is 1. The first-order valence-electron chi connectivity index (χ1n) is 13.2. The molecule has 2 atom stereocenters. The molecule has 3 aromatic rings. The zero-order valence-corrected chi connectivity index (χ0v) is 22.6. The van der Waals surface area contributed by atoms with Crippen LogP contribution >= 0.6 is 0 Å². The zero-order chi connectivity index (χ0) is 26.5. The molecule has 3 aliphatic rings. The topological polar surface area (TPSA) is 83.0 Å². The van der Waals surface area contributed by atoms with Gasteiger partial charge < -0.3 is 14.7 Å². The Morgan fingerprint density at radius 2 is 1.84 bits per heavy atom. The van der Waals surface area contributed by atoms with Crippen LogP contribution in [0.15, 0.2) is 66.9 Å². The zero-order valence-electron chi connectivity index (χ0n) is 21.8. The van der Waals surface area contributed by atoms with Crippen molar-refractivity contribution in [2.24, 2.45) is 0 Å². The van der Waals surface area contributed by atoms with E-state index in [1.54, 1.807) is 12.1 Å². The third-order valence-corrected chi connectivity index (χ3v) is 9.07. The maximum Gasteiger partial charge on any atom is 0.150 e. The number of likely N-dealkylation sites (N-methyl/N-ethyl adjacent to an activating group) is 1. The van der Waals surface area contributed by atoms with Gasteiger partial charge in [-0.1, -0.05) is 54.6 Å². The molecule has 1 spiro atoms. The lowest BCUT2D eigenvalue weighted by Crippen LogP contribution is -2.47. The van der Waals surface area contributed by atoms with E-state index in [1.165, 1.54) is 5.56 Å². The van der Waals surface area contributed by atoms with Gasteiger partial charge in [0, 0.05) is 62.1 Å². The fourth-order valence-electron chi connectivity index (χ4n) is 5.32. The number of hydrogen-bond acceptors (Lipinski definition) is 6. The van der Waals surface area contributed by atoms with Crippen LogP contribution in [0, 0.1) is 0 Å². The van der Waals surface area contributed by atoms with Gasteiger partial charge in [-0.15, -0.1) is 0 Å². The van der Waals surface area contributed by atoms with Crippen LogP contribution in [0.4, 0.5) is 0 Å². The Morgan fingerprint density at radius 3 is 2.45 bits per heavy atom. The second-order valence-electron chi connectivity index (χ2n) is 10.5. The first-order valence-corrected chi connectivity index (χ1v) is 14.5. The standard InChI is InChI=1S/C25H24N2O3S.C5H11NO/c28-17-19-6-8-21(9-7-19)23-14-22-15-25(30-24(22)16-26-23)10-12-27(13-11-25)31(29)18-20-4-2-1-3-5-20;1-6-3-2-5(7)4-6/h1-9,14,16-17H,10-13,15,18H2;5,7H,2-4H2,1H3. The van der Waals surface area contributed by atoms with Crippen LogP contribution in [0.25, 0.3) is 11.3 Å². The van der Waals surface area contributed by atoms with Gasteiger partial charge >= 0.3 is 0 Å². The number of benzene rings is 2. The summed E-state index contributed by atoms with van der Waals surface area (Å²) in [6.07, 6.45) is 6.12. The Kier molecular flexibility index (Phi) is 8.33. The van der Waals surface area contributed by atoms with Gasteiger partial charge in [-0.25, -0.2) is 8.51 Å². The van der Waals surface area contributed by atoms with E-state index in [-0.39, 0.29) is 11.7 Å². The first kappa shape index (κ1) is 26.7. The summed E-state index contributed by atoms with van der Waals surface area (Å²) in [5, 5.41) is 8.86. The number of aldehydes is 1. The highest BCUT2D eigenvalue weighted by Gasteiger charge is 2.43. The van der Waals surface area contributed by atoms with E-state index in [0.717, 1.165) is 80.7 Å². The van der Waals surface area contributed by atoms with Crippen molar-refractivity contribution in [1.82, 2.24) is 14.2 Å². The molecule has 7 nitrogen and oxygen atoms in total. The van der Waals surface area contributed by atoms with Crippen LogP contribution in [0.3, 0.4) is 0 Å². The molecule has 6 rings (SSSR count). The van der Waals surface area contributed by atoms with Crippen LogP contribution in [0.1, 0.15) is 40.7 Å². The van der Waals surface area contributed by atoms with Crippen molar-refractivity contribution in [3.8, 4) is 17.0 Å². The van der Waals surface area contributed by atoms with Gasteiger partial charge in [-0.05, 0) is 25.1 Å². The smallest absolute Gasteiger partial charge is 0.150 e. The summed E-state index contributed by atoms with van der Waals surface area (Å²) in [7, 11) is 1.01. The largest absolute Gasteiger partial charge is 0.485 e. The van der Waals surface area contributed by atoms with Crippen molar-refractivity contribution in [3.05, 3.63) is 83.6 Å². The quantitative estimate of drug-likeness (QED) is 0.502. The summed E-state index contributed by atoms with van der Waals surface area (Å²) in [5.41, 5.74) is 4.58. The van der Waals surface area contributed by atoms with E-state index >= 15 is 0 Å². The van der Waals surface area contributed by atoms with E-state index in [4.69, 9.17) is 9.84 Å². The van der Waals surface area contributed by atoms with Crippen molar-refractivity contribution < 1.29 is 18.8 Å². The number of ether oxygens (including phenoxy) is 1. The number of β-amino-alcohol motifs (C(OH)–C–C–N with tert-alkyl or cyclic N) is 1. The Morgan fingerprint density at radius 1 is 1.11 bits per heavy atom. The van der Waals surface area contributed by atoms with Crippen molar-refractivity contribution >= 4 is 17.3 Å². The lowest BCUT2D eigenvalue weighted by molar-refractivity contribution is 0.0416. The van der Waals surface area contributed by atoms with E-state index in [2.05, 4.69) is 20.3 Å². The third kappa shape index (κ3) is 6.38. The molecule has 1 aromatic heterocycles. The molecule has 1 N–H and O–H groups in total. The van der Waals surface area contributed by atoms with Crippen LogP contribution < -0.4 is 4.74 Å². The second kappa shape index (κ2) is 11.9. The number of aliphatic hydroxyl groups is 1. The van der Waals surface area contributed by atoms with Gasteiger partial charge in [-0.2, -0.15) is 0 Å². The van der Waals surface area contributed by atoms with E-state index in [1.807, 2.05) is 55.7 Å². The molecule has 2 saturated heterocycles. The van der Waals surface area contributed by atoms with Crippen molar-refractivity contribution in [2.45, 2.75) is 43.1 Å². The van der Waals surface area contributed by atoms with Crippen LogP contribution in [-0.4, -0.2) is 74.7 Å². The minimum absolute atomic E-state index is 0.0509. The first-order chi connectivity index (χ1) is 18.4. The molecule has 2 aromatic carbocycles. The summed E-state index contributed by atoms with van der Waals surface area (Å²) in [4.78, 5) is 17.6. The molecule has 0 saturated carbocycles. The SMILES string of the molecule is CN1CCC(O)C1.O=Cc1ccc(-c2cc3c(cn2)OC2(CCN(S(=O)Cc4ccccc4)CC2)C3)cc1. The number of likely N-dealkylation sites (tertiary alicyclic amines) is 1. The highest BCUT2D eigenvalue weighted by atomic mass is 32.2. The number of nitrogens with zero attached hydrogens (tertiary/aromatic N) is 3. The van der Waals surface area contributed by atoms with Crippen molar-refractivity contribution in [1.29, 1.82) is 0 Å². The number of carbonyl (C=O) groups is 1. The monoisotopic (exact) mass is 533 g/mol. The summed E-state index contributed by atoms with van der Waals surface area (Å²) in [5.74, 6) is 1.41. The number of hydrogen-bond donors (Lipinski definition) is 1. The van der Waals surface area contributed by atoms with E-state index in [9.17, 15) is 9.00 Å². The second-order valence-corrected chi connectivity index (χ2v) is 11.9. The van der Waals surface area contributed by atoms with Gasteiger partial charge in [0.05, 0.1) is 34.7 Å². The molecule has 38 heavy (non-hydrogen) atoms. The fraction of sp³-hybridized carbons (Fsp3) is 0.400. The molecule has 2 unspecified atom stereocenters. The molecule has 0 bridgehead atoms. The van der Waals surface area contributed by atoms with Crippen LogP contribution in [-0.2, 0) is 23.2 Å². The maximum atomic E-state index is 12.8. The number of pyridine rings is 1. The average Bonchev–Trinajstić information content (AvgIpc) is 3.50. The molecule has 8 heteroatoms. The molecular weight excluding hydrogens is 498 g/mol. The number of piperidine rings is 1. The molecular formula is C30H35N3O4S. The Labute approximate surface area is 227 Å². The summed E-state index contributed by atoms with van der Waals surface area (Å²) < 4.78 is 21.2. The van der Waals surface area contributed by atoms with E-state index < -0.39 is 11.0 Å². The van der Waals surface area contributed by atoms with Crippen LogP contribution in [0.5, 0.6) is 5.75 Å².